The number of aryl methyl sites for hydroxylation is 1. The standard InChI is InChI=1S/C19H15ClF3NO4/c1-10-13-8-12(26-2)4-6-15(13)28-17(10)18(25)24-14-7-11(20)3-5-16(14)27-9-19(21,22)23/h3-8H,9H2,1-2H3,(H,24,25). The van der Waals surface area contributed by atoms with Gasteiger partial charge in [-0.1, -0.05) is 11.6 Å². The van der Waals surface area contributed by atoms with Gasteiger partial charge in [0.05, 0.1) is 12.8 Å². The Labute approximate surface area is 163 Å². The number of anilines is 1. The molecule has 2 aromatic carbocycles. The minimum atomic E-state index is -4.52. The van der Waals surface area contributed by atoms with Crippen LogP contribution < -0.4 is 14.8 Å². The molecule has 0 unspecified atom stereocenters. The van der Waals surface area contributed by atoms with E-state index in [1.54, 1.807) is 25.1 Å². The molecule has 0 aliphatic carbocycles. The summed E-state index contributed by atoms with van der Waals surface area (Å²) in [6.07, 6.45) is -4.52. The topological polar surface area (TPSA) is 60.7 Å². The summed E-state index contributed by atoms with van der Waals surface area (Å²) in [4.78, 5) is 12.7. The number of alkyl halides is 3. The van der Waals surface area contributed by atoms with Crippen LogP contribution in [0.3, 0.4) is 0 Å². The number of rotatable bonds is 5. The van der Waals surface area contributed by atoms with Crippen LogP contribution in [0.5, 0.6) is 11.5 Å². The normalized spacial score (nSPS) is 11.5. The zero-order valence-electron chi connectivity index (χ0n) is 14.8. The van der Waals surface area contributed by atoms with Crippen LogP contribution in [-0.4, -0.2) is 25.8 Å². The Hall–Kier alpha value is -2.87. The second kappa shape index (κ2) is 7.63. The van der Waals surface area contributed by atoms with E-state index in [0.717, 1.165) is 0 Å². The lowest BCUT2D eigenvalue weighted by molar-refractivity contribution is -0.153. The number of fused-ring (bicyclic) bond motifs is 1. The van der Waals surface area contributed by atoms with Gasteiger partial charge in [0.25, 0.3) is 5.91 Å². The summed E-state index contributed by atoms with van der Waals surface area (Å²) >= 11 is 5.90. The van der Waals surface area contributed by atoms with E-state index in [0.29, 0.717) is 22.3 Å². The van der Waals surface area contributed by atoms with E-state index in [1.165, 1.54) is 25.3 Å². The maximum absolute atomic E-state index is 12.7. The Bertz CT molecular complexity index is 1030. The molecule has 0 aliphatic rings. The third-order valence-electron chi connectivity index (χ3n) is 3.93. The number of hydrogen-bond donors (Lipinski definition) is 1. The largest absolute Gasteiger partial charge is 0.497 e. The summed E-state index contributed by atoms with van der Waals surface area (Å²) in [6, 6.07) is 8.98. The first-order valence-corrected chi connectivity index (χ1v) is 8.43. The summed E-state index contributed by atoms with van der Waals surface area (Å²) < 4.78 is 52.9. The highest BCUT2D eigenvalue weighted by Crippen LogP contribution is 2.32. The van der Waals surface area contributed by atoms with Gasteiger partial charge >= 0.3 is 6.18 Å². The molecule has 28 heavy (non-hydrogen) atoms. The van der Waals surface area contributed by atoms with Crippen molar-refractivity contribution in [2.45, 2.75) is 13.1 Å². The third-order valence-corrected chi connectivity index (χ3v) is 4.17. The van der Waals surface area contributed by atoms with E-state index in [-0.39, 0.29) is 22.2 Å². The van der Waals surface area contributed by atoms with Crippen molar-refractivity contribution in [2.24, 2.45) is 0 Å². The van der Waals surface area contributed by atoms with Gasteiger partial charge in [0, 0.05) is 16.0 Å². The zero-order chi connectivity index (χ0) is 20.5. The van der Waals surface area contributed by atoms with Gasteiger partial charge < -0.3 is 19.2 Å². The molecule has 0 saturated heterocycles. The van der Waals surface area contributed by atoms with Crippen LogP contribution in [0.15, 0.2) is 40.8 Å². The van der Waals surface area contributed by atoms with Crippen molar-refractivity contribution in [3.8, 4) is 11.5 Å². The Morgan fingerprint density at radius 3 is 2.64 bits per heavy atom. The summed E-state index contributed by atoms with van der Waals surface area (Å²) in [5.41, 5.74) is 1.04. The number of furan rings is 1. The molecule has 148 valence electrons. The van der Waals surface area contributed by atoms with Gasteiger partial charge in [-0.2, -0.15) is 13.2 Å². The number of benzene rings is 2. The molecule has 1 N–H and O–H groups in total. The van der Waals surface area contributed by atoms with E-state index >= 15 is 0 Å². The maximum atomic E-state index is 12.7. The first-order chi connectivity index (χ1) is 13.2. The number of carbonyl (C=O) groups excluding carboxylic acids is 1. The molecule has 1 heterocycles. The van der Waals surface area contributed by atoms with Crippen molar-refractivity contribution in [3.05, 3.63) is 52.7 Å². The van der Waals surface area contributed by atoms with Crippen LogP contribution >= 0.6 is 11.6 Å². The molecule has 0 spiro atoms. The van der Waals surface area contributed by atoms with Gasteiger partial charge in [0.1, 0.15) is 17.1 Å². The fourth-order valence-electron chi connectivity index (χ4n) is 2.61. The molecule has 0 bridgehead atoms. The predicted molar refractivity (Wildman–Crippen MR) is 98.5 cm³/mol. The minimum absolute atomic E-state index is 0.000753. The van der Waals surface area contributed by atoms with Crippen LogP contribution in [0, 0.1) is 6.92 Å². The van der Waals surface area contributed by atoms with Gasteiger partial charge in [-0.05, 0) is 43.3 Å². The Morgan fingerprint density at radius 1 is 1.21 bits per heavy atom. The zero-order valence-corrected chi connectivity index (χ0v) is 15.6. The molecule has 5 nitrogen and oxygen atoms in total. The quantitative estimate of drug-likeness (QED) is 0.591. The smallest absolute Gasteiger partial charge is 0.422 e. The number of halogens is 4. The lowest BCUT2D eigenvalue weighted by Gasteiger charge is -2.14. The molecule has 9 heteroatoms. The van der Waals surface area contributed by atoms with E-state index < -0.39 is 18.7 Å². The van der Waals surface area contributed by atoms with Crippen molar-refractivity contribution >= 4 is 34.2 Å². The van der Waals surface area contributed by atoms with Crippen LogP contribution in [-0.2, 0) is 0 Å². The van der Waals surface area contributed by atoms with Gasteiger partial charge in [-0.3, -0.25) is 4.79 Å². The maximum Gasteiger partial charge on any atom is 0.422 e. The van der Waals surface area contributed by atoms with Crippen LogP contribution in [0.1, 0.15) is 16.1 Å². The number of amides is 1. The van der Waals surface area contributed by atoms with Crippen molar-refractivity contribution in [2.75, 3.05) is 19.0 Å². The summed E-state index contributed by atoms with van der Waals surface area (Å²) in [5.74, 6) is -0.191. The molecule has 0 fully saturated rings. The second-order valence-electron chi connectivity index (χ2n) is 5.92. The molecule has 0 aliphatic heterocycles. The summed E-state index contributed by atoms with van der Waals surface area (Å²) in [5, 5.41) is 3.40. The first kappa shape index (κ1) is 19.9. The van der Waals surface area contributed by atoms with Crippen molar-refractivity contribution in [3.63, 3.8) is 0 Å². The molecule has 1 aromatic heterocycles. The summed E-state index contributed by atoms with van der Waals surface area (Å²) in [6.45, 7) is 0.195. The highest BCUT2D eigenvalue weighted by molar-refractivity contribution is 6.31. The Kier molecular flexibility index (Phi) is 5.42. The van der Waals surface area contributed by atoms with Crippen LogP contribution in [0.25, 0.3) is 11.0 Å². The number of methoxy groups -OCH3 is 1. The predicted octanol–water partition coefficient (Wildman–Crippen LogP) is 5.60. The molecule has 3 rings (SSSR count). The van der Waals surface area contributed by atoms with Crippen molar-refractivity contribution in [1.82, 2.24) is 0 Å². The minimum Gasteiger partial charge on any atom is -0.497 e. The molecular weight excluding hydrogens is 399 g/mol. The molecular formula is C19H15ClF3NO4. The third kappa shape index (κ3) is 4.33. The van der Waals surface area contributed by atoms with Crippen LogP contribution in [0.2, 0.25) is 5.02 Å². The van der Waals surface area contributed by atoms with Crippen molar-refractivity contribution < 1.29 is 31.9 Å². The molecule has 0 atom stereocenters. The number of carbonyl (C=O) groups is 1. The van der Waals surface area contributed by atoms with Crippen LogP contribution in [0.4, 0.5) is 18.9 Å². The lowest BCUT2D eigenvalue weighted by atomic mass is 10.1. The van der Waals surface area contributed by atoms with E-state index in [9.17, 15) is 18.0 Å². The Morgan fingerprint density at radius 2 is 1.96 bits per heavy atom. The van der Waals surface area contributed by atoms with E-state index in [2.05, 4.69) is 5.32 Å². The average Bonchev–Trinajstić information content (AvgIpc) is 2.96. The SMILES string of the molecule is COc1ccc2oc(C(=O)Nc3cc(Cl)ccc3OCC(F)(F)F)c(C)c2c1. The number of ether oxygens (including phenoxy) is 2. The monoisotopic (exact) mass is 413 g/mol. The number of nitrogens with one attached hydrogen (secondary N) is 1. The molecule has 0 saturated carbocycles. The Balaban J connectivity index is 1.90. The molecule has 0 radical (unpaired) electrons. The highest BCUT2D eigenvalue weighted by atomic mass is 35.5. The van der Waals surface area contributed by atoms with Gasteiger partial charge in [-0.15, -0.1) is 0 Å². The van der Waals surface area contributed by atoms with E-state index in [4.69, 9.17) is 25.5 Å². The summed E-state index contributed by atoms with van der Waals surface area (Å²) in [7, 11) is 1.52. The van der Waals surface area contributed by atoms with Gasteiger partial charge in [-0.25, -0.2) is 0 Å². The van der Waals surface area contributed by atoms with Gasteiger partial charge in [0.2, 0.25) is 0 Å². The molecule has 3 aromatic rings. The lowest BCUT2D eigenvalue weighted by Crippen LogP contribution is -2.20. The fraction of sp³-hybridized carbons (Fsp3) is 0.211. The first-order valence-electron chi connectivity index (χ1n) is 8.05. The van der Waals surface area contributed by atoms with E-state index in [1.807, 2.05) is 0 Å². The van der Waals surface area contributed by atoms with Gasteiger partial charge in [0.15, 0.2) is 12.4 Å². The van der Waals surface area contributed by atoms with Crippen molar-refractivity contribution in [1.29, 1.82) is 0 Å². The highest BCUT2D eigenvalue weighted by Gasteiger charge is 2.29. The second-order valence-corrected chi connectivity index (χ2v) is 6.35. The molecule has 1 amide bonds. The fourth-order valence-corrected chi connectivity index (χ4v) is 2.78. The number of hydrogen-bond acceptors (Lipinski definition) is 4. The average molecular weight is 414 g/mol.